The Bertz CT molecular complexity index is 1440. The lowest BCUT2D eigenvalue weighted by Crippen LogP contribution is -2.47. The van der Waals surface area contributed by atoms with Crippen LogP contribution >= 0.6 is 0 Å². The highest BCUT2D eigenvalue weighted by molar-refractivity contribution is 7.89. The highest BCUT2D eigenvalue weighted by atomic mass is 32.2. The third-order valence-corrected chi connectivity index (χ3v) is 9.24. The quantitative estimate of drug-likeness (QED) is 0.279. The molecule has 40 heavy (non-hydrogen) atoms. The second-order valence-electron chi connectivity index (χ2n) is 11.3. The zero-order chi connectivity index (χ0) is 28.9. The summed E-state index contributed by atoms with van der Waals surface area (Å²) in [6.45, 7) is 4.51. The van der Waals surface area contributed by atoms with Crippen LogP contribution in [0.1, 0.15) is 37.0 Å². The van der Waals surface area contributed by atoms with Crippen LogP contribution in [0, 0.1) is 5.92 Å². The zero-order valence-corrected chi connectivity index (χ0v) is 24.1. The molecule has 0 aromatic heterocycles. The number of aliphatic hydroxyl groups excluding tert-OH is 1. The van der Waals surface area contributed by atoms with Crippen LogP contribution < -0.4 is 5.32 Å². The van der Waals surface area contributed by atoms with E-state index in [2.05, 4.69) is 43.4 Å². The molecule has 7 nitrogen and oxygen atoms in total. The van der Waals surface area contributed by atoms with Gasteiger partial charge in [-0.05, 0) is 85.1 Å². The van der Waals surface area contributed by atoms with Crippen molar-refractivity contribution in [2.75, 3.05) is 20.1 Å². The van der Waals surface area contributed by atoms with Crippen molar-refractivity contribution in [1.29, 1.82) is 0 Å². The first-order valence-electron chi connectivity index (χ1n) is 13.5. The van der Waals surface area contributed by atoms with Crippen LogP contribution in [0.15, 0.2) is 83.8 Å². The maximum absolute atomic E-state index is 13.3. The highest BCUT2D eigenvalue weighted by Gasteiger charge is 2.29. The van der Waals surface area contributed by atoms with Crippen molar-refractivity contribution < 1.29 is 23.4 Å². The zero-order valence-electron chi connectivity index (χ0n) is 23.2. The highest BCUT2D eigenvalue weighted by Crippen LogP contribution is 2.32. The molecule has 8 heteroatoms. The fourth-order valence-electron chi connectivity index (χ4n) is 5.41. The third-order valence-electron chi connectivity index (χ3n) is 7.42. The molecule has 4 rings (SSSR count). The number of fused-ring (bicyclic) bond motifs is 1. The number of carbonyl (C=O) groups is 1. The molecular weight excluding hydrogens is 524 g/mol. The second kappa shape index (κ2) is 12.5. The van der Waals surface area contributed by atoms with Gasteiger partial charge in [0.15, 0.2) is 0 Å². The normalized spacial score (nSPS) is 15.0. The van der Waals surface area contributed by atoms with E-state index in [1.807, 2.05) is 18.2 Å². The van der Waals surface area contributed by atoms with Gasteiger partial charge in [-0.1, -0.05) is 60.7 Å². The molecule has 1 aliphatic carbocycles. The summed E-state index contributed by atoms with van der Waals surface area (Å²) in [5.41, 5.74) is 4.91. The van der Waals surface area contributed by atoms with Crippen LogP contribution in [0.5, 0.6) is 0 Å². The number of benzene rings is 3. The van der Waals surface area contributed by atoms with Gasteiger partial charge < -0.3 is 15.5 Å². The summed E-state index contributed by atoms with van der Waals surface area (Å²) in [6.07, 6.45) is 4.79. The van der Waals surface area contributed by atoms with Crippen molar-refractivity contribution in [3.63, 3.8) is 0 Å². The van der Waals surface area contributed by atoms with Crippen LogP contribution in [-0.2, 0) is 27.7 Å². The summed E-state index contributed by atoms with van der Waals surface area (Å²) in [6, 6.07) is 22.4. The molecule has 212 valence electrons. The average Bonchev–Trinajstić information content (AvgIpc) is 3.32. The lowest BCUT2D eigenvalue weighted by molar-refractivity contribution is -0.131. The van der Waals surface area contributed by atoms with Gasteiger partial charge in [-0.2, -0.15) is 4.31 Å². The summed E-state index contributed by atoms with van der Waals surface area (Å²) in [7, 11) is -2.34. The standard InChI is InChI=1S/C32H38N2O5S/c1-32(2,20-24-17-26-7-4-5-8-27(26)18-24)33-21-29(35)22-34(3)40(38,39)30-10-6-9-28(19-30)25-14-11-23(12-15-25)13-16-31(36)37/h4-16,19,24,29,33,35H,17-18,20-22H2,1-3H3,(H,36,37). The van der Waals surface area contributed by atoms with E-state index < -0.39 is 22.1 Å². The Kier molecular flexibility index (Phi) is 9.26. The molecule has 0 spiro atoms. The smallest absolute Gasteiger partial charge is 0.328 e. The molecule has 0 radical (unpaired) electrons. The molecule has 0 amide bonds. The second-order valence-corrected chi connectivity index (χ2v) is 13.3. The van der Waals surface area contributed by atoms with Gasteiger partial charge in [0, 0.05) is 31.8 Å². The molecule has 0 aliphatic heterocycles. The lowest BCUT2D eigenvalue weighted by Gasteiger charge is -2.31. The number of carboxylic acids is 1. The van der Waals surface area contributed by atoms with E-state index in [4.69, 9.17) is 5.11 Å². The first-order chi connectivity index (χ1) is 18.9. The summed E-state index contributed by atoms with van der Waals surface area (Å²) in [4.78, 5) is 10.9. The van der Waals surface area contributed by atoms with Crippen LogP contribution in [0.25, 0.3) is 17.2 Å². The molecule has 0 saturated carbocycles. The summed E-state index contributed by atoms with van der Waals surface area (Å²) < 4.78 is 27.8. The number of aliphatic carboxylic acids is 1. The molecule has 0 heterocycles. The molecular formula is C32H38N2O5S. The molecule has 1 aliphatic rings. The minimum Gasteiger partial charge on any atom is -0.478 e. The lowest BCUT2D eigenvalue weighted by atomic mass is 9.88. The summed E-state index contributed by atoms with van der Waals surface area (Å²) in [5.74, 6) is -0.476. The first-order valence-corrected chi connectivity index (χ1v) is 14.9. The fraction of sp³-hybridized carbons (Fsp3) is 0.344. The first kappa shape index (κ1) is 29.7. The number of nitrogens with zero attached hydrogens (tertiary/aromatic N) is 1. The number of likely N-dealkylation sites (N-methyl/N-ethyl adjacent to an activating group) is 1. The van der Waals surface area contributed by atoms with E-state index in [0.717, 1.165) is 42.0 Å². The van der Waals surface area contributed by atoms with Crippen molar-refractivity contribution in [3.8, 4) is 11.1 Å². The molecule has 3 aromatic carbocycles. The fourth-order valence-corrected chi connectivity index (χ4v) is 6.67. The number of carboxylic acid groups (broad SMARTS) is 1. The predicted molar refractivity (Wildman–Crippen MR) is 158 cm³/mol. The summed E-state index contributed by atoms with van der Waals surface area (Å²) >= 11 is 0. The van der Waals surface area contributed by atoms with Gasteiger partial charge in [0.25, 0.3) is 0 Å². The van der Waals surface area contributed by atoms with Gasteiger partial charge in [-0.15, -0.1) is 0 Å². The number of aliphatic hydroxyl groups is 1. The number of hydrogen-bond acceptors (Lipinski definition) is 5. The minimum absolute atomic E-state index is 0.0326. The van der Waals surface area contributed by atoms with Crippen LogP contribution in [-0.4, -0.2) is 60.7 Å². The van der Waals surface area contributed by atoms with Gasteiger partial charge in [-0.3, -0.25) is 0 Å². The number of sulfonamides is 1. The van der Waals surface area contributed by atoms with E-state index in [1.54, 1.807) is 30.3 Å². The molecule has 1 atom stereocenters. The van der Waals surface area contributed by atoms with Crippen molar-refractivity contribution in [1.82, 2.24) is 9.62 Å². The number of rotatable bonds is 12. The van der Waals surface area contributed by atoms with Crippen molar-refractivity contribution in [3.05, 3.63) is 95.6 Å². The van der Waals surface area contributed by atoms with Crippen LogP contribution in [0.2, 0.25) is 0 Å². The van der Waals surface area contributed by atoms with Crippen molar-refractivity contribution in [2.24, 2.45) is 5.92 Å². The van der Waals surface area contributed by atoms with Crippen LogP contribution in [0.3, 0.4) is 0 Å². The van der Waals surface area contributed by atoms with Gasteiger partial charge in [-0.25, -0.2) is 13.2 Å². The van der Waals surface area contributed by atoms with Gasteiger partial charge in [0.2, 0.25) is 10.0 Å². The van der Waals surface area contributed by atoms with E-state index in [1.165, 1.54) is 28.6 Å². The number of nitrogens with one attached hydrogen (secondary N) is 1. The molecule has 1 unspecified atom stereocenters. The molecule has 0 fully saturated rings. The minimum atomic E-state index is -3.82. The summed E-state index contributed by atoms with van der Waals surface area (Å²) in [5, 5.41) is 23.0. The topological polar surface area (TPSA) is 107 Å². The van der Waals surface area contributed by atoms with E-state index >= 15 is 0 Å². The van der Waals surface area contributed by atoms with E-state index in [9.17, 15) is 18.3 Å². The van der Waals surface area contributed by atoms with Crippen molar-refractivity contribution in [2.45, 2.75) is 49.6 Å². The molecule has 0 saturated heterocycles. The Labute approximate surface area is 237 Å². The van der Waals surface area contributed by atoms with Crippen molar-refractivity contribution >= 4 is 22.1 Å². The predicted octanol–water partition coefficient (Wildman–Crippen LogP) is 4.61. The Morgan fingerprint density at radius 3 is 2.30 bits per heavy atom. The Balaban J connectivity index is 1.33. The number of hydrogen-bond donors (Lipinski definition) is 3. The van der Waals surface area contributed by atoms with Gasteiger partial charge in [0.05, 0.1) is 11.0 Å². The molecule has 3 N–H and O–H groups in total. The van der Waals surface area contributed by atoms with Crippen LogP contribution in [0.4, 0.5) is 0 Å². The third kappa shape index (κ3) is 7.67. The Morgan fingerprint density at radius 2 is 1.68 bits per heavy atom. The van der Waals surface area contributed by atoms with E-state index in [0.29, 0.717) is 5.92 Å². The molecule has 0 bridgehead atoms. The largest absolute Gasteiger partial charge is 0.478 e. The van der Waals surface area contributed by atoms with E-state index in [-0.39, 0.29) is 23.5 Å². The van der Waals surface area contributed by atoms with Gasteiger partial charge in [0.1, 0.15) is 0 Å². The number of β-amino-alcohol motifs (C(OH)–C–C–N with tert-alkyl or cyclic N) is 1. The molecule has 3 aromatic rings. The Morgan fingerprint density at radius 1 is 1.02 bits per heavy atom. The average molecular weight is 563 g/mol. The maximum Gasteiger partial charge on any atom is 0.328 e. The van der Waals surface area contributed by atoms with Gasteiger partial charge >= 0.3 is 5.97 Å². The maximum atomic E-state index is 13.3. The SMILES string of the molecule is CN(CC(O)CNC(C)(C)CC1Cc2ccccc2C1)S(=O)(=O)c1cccc(-c2ccc(C=CC(=O)O)cc2)c1. The monoisotopic (exact) mass is 562 g/mol. The Hall–Kier alpha value is -3.30.